The van der Waals surface area contributed by atoms with E-state index in [1.165, 1.54) is 135 Å². The Balaban J connectivity index is 4.47. The van der Waals surface area contributed by atoms with E-state index < -0.39 is 6.10 Å². The van der Waals surface area contributed by atoms with E-state index in [4.69, 9.17) is 14.2 Å². The van der Waals surface area contributed by atoms with Gasteiger partial charge in [-0.1, -0.05) is 266 Å². The summed E-state index contributed by atoms with van der Waals surface area (Å²) in [6.07, 6.45) is 79.8. The van der Waals surface area contributed by atoms with Crippen molar-refractivity contribution in [1.82, 2.24) is 0 Å². The highest BCUT2D eigenvalue weighted by Gasteiger charge is 2.19. The van der Waals surface area contributed by atoms with Crippen molar-refractivity contribution < 1.29 is 28.6 Å². The van der Waals surface area contributed by atoms with Gasteiger partial charge in [0, 0.05) is 19.3 Å². The van der Waals surface area contributed by atoms with Gasteiger partial charge in [-0.15, -0.1) is 0 Å². The van der Waals surface area contributed by atoms with E-state index in [1.54, 1.807) is 0 Å². The molecule has 6 nitrogen and oxygen atoms in total. The Morgan fingerprint density at radius 3 is 0.889 bits per heavy atom. The van der Waals surface area contributed by atoms with Crippen LogP contribution in [0.4, 0.5) is 0 Å². The molecule has 0 aromatic rings. The lowest BCUT2D eigenvalue weighted by molar-refractivity contribution is -0.167. The summed E-state index contributed by atoms with van der Waals surface area (Å²) in [4.78, 5) is 38.2. The van der Waals surface area contributed by atoms with Crippen molar-refractivity contribution in [2.45, 2.75) is 290 Å². The van der Waals surface area contributed by atoms with Gasteiger partial charge in [0.1, 0.15) is 13.2 Å². The average Bonchev–Trinajstić information content (AvgIpc) is 3.38. The van der Waals surface area contributed by atoms with Gasteiger partial charge in [-0.25, -0.2) is 0 Å². The number of esters is 3. The first-order valence-corrected chi connectivity index (χ1v) is 30.2. The second kappa shape index (κ2) is 59.9. The molecule has 6 heteroatoms. The van der Waals surface area contributed by atoms with Crippen LogP contribution in [-0.2, 0) is 28.6 Å². The Morgan fingerprint density at radius 1 is 0.292 bits per heavy atom. The van der Waals surface area contributed by atoms with Crippen molar-refractivity contribution in [3.05, 3.63) is 97.2 Å². The van der Waals surface area contributed by atoms with Gasteiger partial charge in [0.2, 0.25) is 0 Å². The molecule has 0 aliphatic heterocycles. The Bertz CT molecular complexity index is 1430. The minimum atomic E-state index is -0.813. The molecule has 0 fully saturated rings. The molecule has 0 rings (SSSR count). The Morgan fingerprint density at radius 2 is 0.556 bits per heavy atom. The second-order valence-corrected chi connectivity index (χ2v) is 19.9. The number of ether oxygens (including phenoxy) is 3. The van der Waals surface area contributed by atoms with Crippen LogP contribution in [0.15, 0.2) is 97.2 Å². The molecule has 412 valence electrons. The lowest BCUT2D eigenvalue weighted by Gasteiger charge is -2.18. The second-order valence-electron chi connectivity index (χ2n) is 19.9. The number of hydrogen-bond acceptors (Lipinski definition) is 6. The van der Waals surface area contributed by atoms with Gasteiger partial charge >= 0.3 is 17.9 Å². The van der Waals surface area contributed by atoms with Gasteiger partial charge < -0.3 is 14.2 Å². The molecular weight excluding hydrogens is 889 g/mol. The molecule has 0 amide bonds. The van der Waals surface area contributed by atoms with Crippen molar-refractivity contribution in [1.29, 1.82) is 0 Å². The number of rotatable bonds is 54. The molecule has 0 aliphatic carbocycles. The molecule has 0 saturated carbocycles. The molecule has 1 unspecified atom stereocenters. The number of allylic oxidation sites excluding steroid dienone is 16. The Hall–Kier alpha value is -3.67. The molecule has 0 bridgehead atoms. The molecule has 0 aromatic heterocycles. The summed E-state index contributed by atoms with van der Waals surface area (Å²) >= 11 is 0. The number of hydrogen-bond donors (Lipinski definition) is 0. The summed E-state index contributed by atoms with van der Waals surface area (Å²) in [6, 6.07) is 0. The summed E-state index contributed by atoms with van der Waals surface area (Å²) in [5, 5.41) is 0. The normalized spacial score (nSPS) is 12.8. The Labute approximate surface area is 445 Å². The molecular formula is C66H112O6. The number of carbonyl (C=O) groups excluding carboxylic acids is 3. The first kappa shape index (κ1) is 68.3. The minimum Gasteiger partial charge on any atom is -0.462 e. The van der Waals surface area contributed by atoms with Crippen LogP contribution in [0.3, 0.4) is 0 Å². The van der Waals surface area contributed by atoms with Crippen LogP contribution in [0.5, 0.6) is 0 Å². The van der Waals surface area contributed by atoms with Crippen molar-refractivity contribution >= 4 is 17.9 Å². The van der Waals surface area contributed by atoms with Crippen molar-refractivity contribution in [2.24, 2.45) is 0 Å². The highest BCUT2D eigenvalue weighted by molar-refractivity contribution is 5.71. The zero-order valence-corrected chi connectivity index (χ0v) is 47.2. The quantitative estimate of drug-likeness (QED) is 0.0261. The van der Waals surface area contributed by atoms with Crippen LogP contribution >= 0.6 is 0 Å². The molecule has 0 aliphatic rings. The van der Waals surface area contributed by atoms with Crippen molar-refractivity contribution in [2.75, 3.05) is 13.2 Å². The van der Waals surface area contributed by atoms with Crippen molar-refractivity contribution in [3.8, 4) is 0 Å². The summed E-state index contributed by atoms with van der Waals surface area (Å²) < 4.78 is 16.8. The van der Waals surface area contributed by atoms with Crippen molar-refractivity contribution in [3.63, 3.8) is 0 Å². The molecule has 0 aromatic carbocycles. The average molecular weight is 1000 g/mol. The summed E-state index contributed by atoms with van der Waals surface area (Å²) in [7, 11) is 0. The van der Waals surface area contributed by atoms with E-state index in [2.05, 4.69) is 118 Å². The highest BCUT2D eigenvalue weighted by Crippen LogP contribution is 2.16. The van der Waals surface area contributed by atoms with E-state index in [0.717, 1.165) is 103 Å². The van der Waals surface area contributed by atoms with Crippen LogP contribution < -0.4 is 0 Å². The fraction of sp³-hybridized carbons (Fsp3) is 0.712. The lowest BCUT2D eigenvalue weighted by atomic mass is 10.0. The third-order valence-electron chi connectivity index (χ3n) is 12.8. The fourth-order valence-electron chi connectivity index (χ4n) is 8.31. The van der Waals surface area contributed by atoms with Crippen LogP contribution in [0.1, 0.15) is 284 Å². The van der Waals surface area contributed by atoms with Crippen LogP contribution in [0.2, 0.25) is 0 Å². The van der Waals surface area contributed by atoms with E-state index in [9.17, 15) is 14.4 Å². The summed E-state index contributed by atoms with van der Waals surface area (Å²) in [5.41, 5.74) is 0. The third kappa shape index (κ3) is 57.2. The molecule has 0 radical (unpaired) electrons. The summed E-state index contributed by atoms with van der Waals surface area (Å²) in [6.45, 7) is 6.48. The maximum atomic E-state index is 12.9. The van der Waals surface area contributed by atoms with Gasteiger partial charge in [0.15, 0.2) is 6.10 Å². The van der Waals surface area contributed by atoms with E-state index in [-0.39, 0.29) is 37.5 Å². The standard InChI is InChI=1S/C66H112O6/c1-4-7-10-13-16-19-22-25-28-31-32-33-34-36-38-41-44-47-50-53-56-59-65(68)71-62-63(61-70-64(67)58-55-52-49-46-43-40-37-30-27-24-21-18-15-12-9-6-3)72-66(69)60-57-54-51-48-45-42-39-35-29-26-23-20-17-14-11-8-5-2/h8,11,17,20,22,25-26,29,31-32,34,36,39,42,48,51,63H,4-7,9-10,12-16,18-19,21,23-24,27-28,30,33,35,37-38,40-41,43-47,49-50,52-62H2,1-3H3/b11-8-,20-17-,25-22-,29-26-,32-31-,36-34-,42-39-,51-48-. The van der Waals surface area contributed by atoms with Gasteiger partial charge in [0.05, 0.1) is 0 Å². The van der Waals surface area contributed by atoms with E-state index >= 15 is 0 Å². The zero-order chi connectivity index (χ0) is 52.2. The van der Waals surface area contributed by atoms with Crippen LogP contribution in [0, 0.1) is 0 Å². The van der Waals surface area contributed by atoms with Crippen LogP contribution in [0.25, 0.3) is 0 Å². The zero-order valence-electron chi connectivity index (χ0n) is 47.2. The van der Waals surface area contributed by atoms with Gasteiger partial charge in [-0.2, -0.15) is 0 Å². The first-order valence-electron chi connectivity index (χ1n) is 30.2. The fourth-order valence-corrected chi connectivity index (χ4v) is 8.31. The highest BCUT2D eigenvalue weighted by atomic mass is 16.6. The number of carbonyl (C=O) groups is 3. The first-order chi connectivity index (χ1) is 35.5. The molecule has 0 heterocycles. The maximum absolute atomic E-state index is 12.9. The molecule has 0 saturated heterocycles. The lowest BCUT2D eigenvalue weighted by Crippen LogP contribution is -2.30. The molecule has 72 heavy (non-hydrogen) atoms. The smallest absolute Gasteiger partial charge is 0.306 e. The molecule has 1 atom stereocenters. The maximum Gasteiger partial charge on any atom is 0.306 e. The minimum absolute atomic E-state index is 0.103. The molecule has 0 spiro atoms. The predicted octanol–water partition coefficient (Wildman–Crippen LogP) is 20.5. The van der Waals surface area contributed by atoms with Gasteiger partial charge in [-0.3, -0.25) is 14.4 Å². The van der Waals surface area contributed by atoms with Crippen LogP contribution in [-0.4, -0.2) is 37.2 Å². The topological polar surface area (TPSA) is 78.9 Å². The third-order valence-corrected chi connectivity index (χ3v) is 12.8. The van der Waals surface area contributed by atoms with Gasteiger partial charge in [0.25, 0.3) is 0 Å². The van der Waals surface area contributed by atoms with Gasteiger partial charge in [-0.05, 0) is 96.3 Å². The Kier molecular flexibility index (Phi) is 56.8. The van der Waals surface area contributed by atoms with E-state index in [0.29, 0.717) is 19.3 Å². The van der Waals surface area contributed by atoms with E-state index in [1.807, 2.05) is 0 Å². The monoisotopic (exact) mass is 1000 g/mol. The number of unbranched alkanes of at least 4 members (excludes halogenated alkanes) is 27. The SMILES string of the molecule is CC/C=C\C/C=C\C/C=C\C/C=C\C/C=C\CCCC(=O)OC(COC(=O)CCCCCCCC/C=C\C/C=C\C/C=C\CCCCCCC)COC(=O)CCCCCCCCCCCCCCCCCC. The molecule has 0 N–H and O–H groups in total. The summed E-state index contributed by atoms with van der Waals surface area (Å²) in [5.74, 6) is -0.967. The predicted molar refractivity (Wildman–Crippen MR) is 311 cm³/mol. The largest absolute Gasteiger partial charge is 0.462 e.